The van der Waals surface area contributed by atoms with Gasteiger partial charge in [-0.2, -0.15) is 0 Å². The molecule has 0 unspecified atom stereocenters. The maximum atomic E-state index is 13.2. The van der Waals surface area contributed by atoms with Gasteiger partial charge in [0.1, 0.15) is 17.0 Å². The third-order valence-corrected chi connectivity index (χ3v) is 8.77. The van der Waals surface area contributed by atoms with Crippen LogP contribution in [-0.2, 0) is 0 Å². The lowest BCUT2D eigenvalue weighted by Gasteiger charge is -2.60. The van der Waals surface area contributed by atoms with Gasteiger partial charge in [-0.25, -0.2) is 4.98 Å². The van der Waals surface area contributed by atoms with Gasteiger partial charge >= 0.3 is 0 Å². The van der Waals surface area contributed by atoms with Crippen molar-refractivity contribution < 1.29 is 9.59 Å². The summed E-state index contributed by atoms with van der Waals surface area (Å²) in [4.78, 5) is 32.7. The standard InChI is InChI=1S/C26H37N5O2/c1-16(2)20-14-30(11-10-27-20)25(33)21-15-31-22(6-5-7-23(31)29-21)24(32)28-13-17-8-9-18-12-19(17)26(18,3)4/h5-7,15-20,27H,8-14H2,1-4H3,(H,28,32)/t17-,18-,19+,20+/m0/s1. The van der Waals surface area contributed by atoms with Crippen LogP contribution in [0, 0.1) is 29.1 Å². The lowest BCUT2D eigenvalue weighted by atomic mass is 9.45. The Bertz CT molecular complexity index is 1060. The maximum absolute atomic E-state index is 13.2. The molecule has 33 heavy (non-hydrogen) atoms. The minimum atomic E-state index is -0.0988. The number of piperazine rings is 1. The first-order valence-electron chi connectivity index (χ1n) is 12.5. The zero-order valence-corrected chi connectivity index (χ0v) is 20.3. The van der Waals surface area contributed by atoms with Crippen molar-refractivity contribution in [3.63, 3.8) is 0 Å². The molecule has 1 aliphatic heterocycles. The van der Waals surface area contributed by atoms with Crippen LogP contribution in [0.2, 0.25) is 0 Å². The molecule has 4 aliphatic rings. The molecule has 2 N–H and O–H groups in total. The van der Waals surface area contributed by atoms with Gasteiger partial charge in [-0.3, -0.25) is 14.0 Å². The topological polar surface area (TPSA) is 78.7 Å². The minimum absolute atomic E-state index is 0.0683. The number of carbonyl (C=O) groups is 2. The summed E-state index contributed by atoms with van der Waals surface area (Å²) in [5.41, 5.74) is 1.96. The Hall–Kier alpha value is -2.41. The second kappa shape index (κ2) is 8.42. The first kappa shape index (κ1) is 22.4. The fourth-order valence-electron chi connectivity index (χ4n) is 6.39. The number of rotatable bonds is 5. The second-order valence-corrected chi connectivity index (χ2v) is 11.2. The van der Waals surface area contributed by atoms with Crippen molar-refractivity contribution in [2.75, 3.05) is 26.2 Å². The highest BCUT2D eigenvalue weighted by Crippen LogP contribution is 2.61. The smallest absolute Gasteiger partial charge is 0.274 e. The van der Waals surface area contributed by atoms with E-state index in [2.05, 4.69) is 43.3 Å². The highest BCUT2D eigenvalue weighted by molar-refractivity contribution is 5.95. The van der Waals surface area contributed by atoms with Crippen molar-refractivity contribution in [1.29, 1.82) is 0 Å². The molecule has 7 heteroatoms. The van der Waals surface area contributed by atoms with Crippen LogP contribution in [0.1, 0.15) is 67.9 Å². The van der Waals surface area contributed by atoms with Crippen molar-refractivity contribution in [3.8, 4) is 0 Å². The molecule has 2 aromatic rings. The Morgan fingerprint density at radius 3 is 2.82 bits per heavy atom. The van der Waals surface area contributed by atoms with Gasteiger partial charge in [0, 0.05) is 38.4 Å². The van der Waals surface area contributed by atoms with E-state index in [9.17, 15) is 9.59 Å². The first-order chi connectivity index (χ1) is 15.8. The largest absolute Gasteiger partial charge is 0.350 e. The van der Waals surface area contributed by atoms with Crippen LogP contribution >= 0.6 is 0 Å². The molecule has 2 bridgehead atoms. The molecular formula is C26H37N5O2. The van der Waals surface area contributed by atoms with Crippen molar-refractivity contribution in [3.05, 3.63) is 35.8 Å². The molecule has 6 rings (SSSR count). The minimum Gasteiger partial charge on any atom is -0.350 e. The molecule has 0 aromatic carbocycles. The number of nitrogens with zero attached hydrogens (tertiary/aromatic N) is 3. The number of hydrogen-bond acceptors (Lipinski definition) is 4. The predicted molar refractivity (Wildman–Crippen MR) is 128 cm³/mol. The van der Waals surface area contributed by atoms with Gasteiger partial charge in [0.05, 0.1) is 0 Å². The van der Waals surface area contributed by atoms with Crippen LogP contribution in [0.3, 0.4) is 0 Å². The zero-order valence-electron chi connectivity index (χ0n) is 20.3. The monoisotopic (exact) mass is 451 g/mol. The van der Waals surface area contributed by atoms with Gasteiger partial charge in [0.25, 0.3) is 11.8 Å². The Morgan fingerprint density at radius 2 is 2.09 bits per heavy atom. The van der Waals surface area contributed by atoms with E-state index in [1.165, 1.54) is 19.3 Å². The molecule has 0 radical (unpaired) electrons. The van der Waals surface area contributed by atoms with E-state index < -0.39 is 0 Å². The Balaban J connectivity index is 1.29. The predicted octanol–water partition coefficient (Wildman–Crippen LogP) is 3.21. The second-order valence-electron chi connectivity index (χ2n) is 11.2. The molecule has 2 aromatic heterocycles. The summed E-state index contributed by atoms with van der Waals surface area (Å²) in [6, 6.07) is 5.78. The van der Waals surface area contributed by atoms with Crippen LogP contribution in [0.5, 0.6) is 0 Å². The van der Waals surface area contributed by atoms with E-state index in [1.54, 1.807) is 10.6 Å². The highest BCUT2D eigenvalue weighted by atomic mass is 16.2. The molecule has 178 valence electrons. The molecule has 7 nitrogen and oxygen atoms in total. The van der Waals surface area contributed by atoms with E-state index in [1.807, 2.05) is 23.1 Å². The summed E-state index contributed by atoms with van der Waals surface area (Å²) >= 11 is 0. The Morgan fingerprint density at radius 1 is 1.27 bits per heavy atom. The SMILES string of the molecule is CC(C)[C@H]1CN(C(=O)c2cn3c(C(=O)NC[C@@H]4CC[C@H]5C[C@H]4C5(C)C)cccc3n2)CCN1. The number of pyridine rings is 1. The fourth-order valence-corrected chi connectivity index (χ4v) is 6.39. The molecule has 4 atom stereocenters. The summed E-state index contributed by atoms with van der Waals surface area (Å²) in [6.07, 6.45) is 5.50. The Labute approximate surface area is 196 Å². The van der Waals surface area contributed by atoms with E-state index >= 15 is 0 Å². The fraction of sp³-hybridized carbons (Fsp3) is 0.654. The van der Waals surface area contributed by atoms with Crippen LogP contribution in [0.15, 0.2) is 24.4 Å². The van der Waals surface area contributed by atoms with E-state index in [-0.39, 0.29) is 17.9 Å². The third kappa shape index (κ3) is 3.94. The van der Waals surface area contributed by atoms with Crippen molar-refractivity contribution in [2.45, 2.75) is 53.0 Å². The summed E-state index contributed by atoms with van der Waals surface area (Å²) in [7, 11) is 0. The number of amides is 2. The van der Waals surface area contributed by atoms with Gasteiger partial charge < -0.3 is 15.5 Å². The quantitative estimate of drug-likeness (QED) is 0.732. The Kier molecular flexibility index (Phi) is 5.71. The van der Waals surface area contributed by atoms with Crippen molar-refractivity contribution >= 4 is 17.5 Å². The third-order valence-electron chi connectivity index (χ3n) is 8.77. The molecule has 1 saturated heterocycles. The number of hydrogen-bond donors (Lipinski definition) is 2. The molecule has 2 amide bonds. The van der Waals surface area contributed by atoms with Crippen molar-refractivity contribution in [2.24, 2.45) is 29.1 Å². The normalized spacial score (nSPS) is 28.6. The maximum Gasteiger partial charge on any atom is 0.274 e. The lowest BCUT2D eigenvalue weighted by molar-refractivity contribution is -0.103. The van der Waals surface area contributed by atoms with Crippen molar-refractivity contribution in [1.82, 2.24) is 24.9 Å². The summed E-state index contributed by atoms with van der Waals surface area (Å²) in [5.74, 6) is 2.40. The lowest BCUT2D eigenvalue weighted by Crippen LogP contribution is -2.54. The molecular weight excluding hydrogens is 414 g/mol. The summed E-state index contributed by atoms with van der Waals surface area (Å²) in [6.45, 7) is 11.9. The van der Waals surface area contributed by atoms with Crippen LogP contribution in [0.4, 0.5) is 0 Å². The van der Waals surface area contributed by atoms with E-state index in [0.29, 0.717) is 59.8 Å². The number of aromatic nitrogens is 2. The average Bonchev–Trinajstić information content (AvgIpc) is 3.26. The van der Waals surface area contributed by atoms with Crippen LogP contribution in [0.25, 0.3) is 5.65 Å². The van der Waals surface area contributed by atoms with Gasteiger partial charge in [-0.05, 0) is 60.5 Å². The van der Waals surface area contributed by atoms with E-state index in [4.69, 9.17) is 0 Å². The summed E-state index contributed by atoms with van der Waals surface area (Å²) in [5, 5.41) is 6.67. The molecule has 3 heterocycles. The number of nitrogens with one attached hydrogen (secondary N) is 2. The van der Waals surface area contributed by atoms with E-state index in [0.717, 1.165) is 12.5 Å². The first-order valence-corrected chi connectivity index (χ1v) is 12.5. The van der Waals surface area contributed by atoms with Gasteiger partial charge in [-0.15, -0.1) is 0 Å². The van der Waals surface area contributed by atoms with Crippen LogP contribution in [-0.4, -0.2) is 58.3 Å². The zero-order chi connectivity index (χ0) is 23.3. The molecule has 3 aliphatic carbocycles. The van der Waals surface area contributed by atoms with Gasteiger partial charge in [0.15, 0.2) is 0 Å². The molecule has 4 fully saturated rings. The highest BCUT2D eigenvalue weighted by Gasteiger charge is 2.53. The van der Waals surface area contributed by atoms with Crippen LogP contribution < -0.4 is 10.6 Å². The molecule has 3 saturated carbocycles. The number of carbonyl (C=O) groups excluding carboxylic acids is 2. The van der Waals surface area contributed by atoms with Gasteiger partial charge in [-0.1, -0.05) is 33.8 Å². The average molecular weight is 452 g/mol. The summed E-state index contributed by atoms with van der Waals surface area (Å²) < 4.78 is 1.76. The molecule has 0 spiro atoms. The number of fused-ring (bicyclic) bond motifs is 3. The van der Waals surface area contributed by atoms with Gasteiger partial charge in [0.2, 0.25) is 0 Å². The number of imidazole rings is 1.